The number of nitro groups is 1. The monoisotopic (exact) mass is 493 g/mol. The molecule has 0 spiro atoms. The average Bonchev–Trinajstić information content (AvgIpc) is 2.89. The number of thiocarbonyl (C=S) groups is 1. The fourth-order valence-electron chi connectivity index (χ4n) is 4.62. The SMILES string of the molecule is N#CC(C#N)[C@H](C1=C(O)[C@@H](c2ccccc2)C(=S)[C@@H](c2ccccc2)C1=O)c1ccc([N+](=O)[O-])cc1. The van der Waals surface area contributed by atoms with Crippen LogP contribution in [0.4, 0.5) is 5.69 Å². The normalized spacial score (nSPS) is 18.4. The van der Waals surface area contributed by atoms with Gasteiger partial charge in [-0.3, -0.25) is 14.9 Å². The molecular weight excluding hydrogens is 474 g/mol. The van der Waals surface area contributed by atoms with Crippen LogP contribution in [-0.4, -0.2) is 20.7 Å². The third kappa shape index (κ3) is 4.38. The van der Waals surface area contributed by atoms with Crippen molar-refractivity contribution in [3.63, 3.8) is 0 Å². The van der Waals surface area contributed by atoms with E-state index < -0.39 is 34.4 Å². The van der Waals surface area contributed by atoms with Gasteiger partial charge in [-0.2, -0.15) is 10.5 Å². The molecule has 0 saturated carbocycles. The van der Waals surface area contributed by atoms with Gasteiger partial charge in [0, 0.05) is 28.5 Å². The molecule has 4 rings (SSSR count). The van der Waals surface area contributed by atoms with Crippen LogP contribution < -0.4 is 0 Å². The molecule has 0 aromatic heterocycles. The van der Waals surface area contributed by atoms with Gasteiger partial charge in [0.2, 0.25) is 0 Å². The minimum absolute atomic E-state index is 0.0896. The zero-order valence-electron chi connectivity index (χ0n) is 18.8. The Labute approximate surface area is 212 Å². The topological polar surface area (TPSA) is 128 Å². The maximum atomic E-state index is 14.0. The lowest BCUT2D eigenvalue weighted by Crippen LogP contribution is -2.37. The van der Waals surface area contributed by atoms with E-state index in [4.69, 9.17) is 12.2 Å². The van der Waals surface area contributed by atoms with E-state index in [1.807, 2.05) is 24.3 Å². The first-order chi connectivity index (χ1) is 17.4. The minimum atomic E-state index is -1.34. The van der Waals surface area contributed by atoms with Crippen molar-refractivity contribution in [2.45, 2.75) is 17.8 Å². The number of allylic oxidation sites excluding steroid dienone is 2. The number of rotatable bonds is 6. The van der Waals surface area contributed by atoms with Gasteiger partial charge in [0.05, 0.1) is 28.9 Å². The summed E-state index contributed by atoms with van der Waals surface area (Å²) in [4.78, 5) is 24.9. The molecule has 0 saturated heterocycles. The summed E-state index contributed by atoms with van der Waals surface area (Å²) < 4.78 is 0. The number of aliphatic hydroxyl groups excluding tert-OH is 1. The second kappa shape index (κ2) is 10.3. The zero-order chi connectivity index (χ0) is 25.8. The van der Waals surface area contributed by atoms with Crippen LogP contribution in [0.1, 0.15) is 34.4 Å². The predicted octanol–water partition coefficient (Wildman–Crippen LogP) is 5.67. The first-order valence-electron chi connectivity index (χ1n) is 11.0. The van der Waals surface area contributed by atoms with Crippen molar-refractivity contribution < 1.29 is 14.8 Å². The summed E-state index contributed by atoms with van der Waals surface area (Å²) in [5.74, 6) is -5.02. The molecule has 0 fully saturated rings. The average molecular weight is 494 g/mol. The highest BCUT2D eigenvalue weighted by Crippen LogP contribution is 2.46. The highest BCUT2D eigenvalue weighted by molar-refractivity contribution is 7.80. The van der Waals surface area contributed by atoms with E-state index in [1.54, 1.807) is 48.5 Å². The van der Waals surface area contributed by atoms with Gasteiger partial charge in [0.25, 0.3) is 5.69 Å². The van der Waals surface area contributed by atoms with Crippen molar-refractivity contribution in [2.24, 2.45) is 5.92 Å². The molecule has 3 atom stereocenters. The molecular formula is C28H19N3O4S. The maximum absolute atomic E-state index is 14.0. The smallest absolute Gasteiger partial charge is 0.269 e. The standard InChI is InChI=1S/C28H19N3O4S/c29-15-20(16-30)22(19-11-13-21(14-12-19)31(34)35)25-26(32)23(17-7-3-1-4-8-17)28(36)24(27(25)33)18-9-5-2-6-10-18/h1-14,20,22-24,32H/t22-,23-,24+/m1/s1. The maximum Gasteiger partial charge on any atom is 0.269 e. The Balaban J connectivity index is 1.98. The van der Waals surface area contributed by atoms with E-state index >= 15 is 0 Å². The predicted molar refractivity (Wildman–Crippen MR) is 136 cm³/mol. The fourth-order valence-corrected chi connectivity index (χ4v) is 5.11. The van der Waals surface area contributed by atoms with Gasteiger partial charge >= 0.3 is 0 Å². The summed E-state index contributed by atoms with van der Waals surface area (Å²) in [6, 6.07) is 27.0. The second-order valence-corrected chi connectivity index (χ2v) is 8.79. The molecule has 0 aliphatic heterocycles. The zero-order valence-corrected chi connectivity index (χ0v) is 19.6. The van der Waals surface area contributed by atoms with Crippen LogP contribution in [0, 0.1) is 38.7 Å². The van der Waals surface area contributed by atoms with Gasteiger partial charge in [-0.25, -0.2) is 0 Å². The van der Waals surface area contributed by atoms with Crippen LogP contribution in [-0.2, 0) is 4.79 Å². The number of hydrogen-bond acceptors (Lipinski definition) is 7. The van der Waals surface area contributed by atoms with Crippen molar-refractivity contribution in [1.29, 1.82) is 10.5 Å². The molecule has 7 nitrogen and oxygen atoms in total. The van der Waals surface area contributed by atoms with Gasteiger partial charge in [-0.1, -0.05) is 85.0 Å². The Hall–Kier alpha value is -4.66. The number of non-ortho nitro benzene ring substituents is 1. The summed E-state index contributed by atoms with van der Waals surface area (Å²) in [6.07, 6.45) is 0. The highest BCUT2D eigenvalue weighted by atomic mass is 32.1. The molecule has 176 valence electrons. The molecule has 8 heteroatoms. The molecule has 0 amide bonds. The molecule has 3 aromatic carbocycles. The number of benzene rings is 3. The summed E-state index contributed by atoms with van der Waals surface area (Å²) in [5.41, 5.74) is 1.36. The lowest BCUT2D eigenvalue weighted by Gasteiger charge is -2.35. The number of Topliss-reactive ketones (excluding diaryl/α,β-unsaturated/α-hetero) is 1. The molecule has 0 radical (unpaired) electrons. The van der Waals surface area contributed by atoms with E-state index in [0.717, 1.165) is 0 Å². The van der Waals surface area contributed by atoms with Gasteiger partial charge < -0.3 is 5.11 Å². The largest absolute Gasteiger partial charge is 0.511 e. The Morgan fingerprint density at radius 1 is 0.861 bits per heavy atom. The molecule has 36 heavy (non-hydrogen) atoms. The first kappa shape index (κ1) is 24.5. The lowest BCUT2D eigenvalue weighted by atomic mass is 9.68. The van der Waals surface area contributed by atoms with Crippen molar-refractivity contribution >= 4 is 28.6 Å². The van der Waals surface area contributed by atoms with E-state index in [2.05, 4.69) is 0 Å². The van der Waals surface area contributed by atoms with Crippen molar-refractivity contribution in [2.75, 3.05) is 0 Å². The summed E-state index contributed by atoms with van der Waals surface area (Å²) in [7, 11) is 0. The molecule has 0 unspecified atom stereocenters. The number of nitro benzene ring substituents is 1. The van der Waals surface area contributed by atoms with E-state index in [-0.39, 0.29) is 17.0 Å². The van der Waals surface area contributed by atoms with Crippen LogP contribution in [0.3, 0.4) is 0 Å². The van der Waals surface area contributed by atoms with E-state index in [9.17, 15) is 30.5 Å². The van der Waals surface area contributed by atoms with E-state index in [1.165, 1.54) is 24.3 Å². The van der Waals surface area contributed by atoms with Crippen LogP contribution in [0.5, 0.6) is 0 Å². The van der Waals surface area contributed by atoms with Crippen LogP contribution >= 0.6 is 12.2 Å². The van der Waals surface area contributed by atoms with Crippen LogP contribution in [0.25, 0.3) is 0 Å². The Morgan fingerprint density at radius 2 is 1.36 bits per heavy atom. The van der Waals surface area contributed by atoms with Crippen molar-refractivity contribution in [3.8, 4) is 12.1 Å². The Bertz CT molecular complexity index is 1420. The van der Waals surface area contributed by atoms with Gasteiger partial charge in [-0.05, 0) is 16.7 Å². The number of aliphatic hydroxyl groups is 1. The quantitative estimate of drug-likeness (QED) is 0.266. The molecule has 3 aromatic rings. The lowest BCUT2D eigenvalue weighted by molar-refractivity contribution is -0.384. The number of carbonyl (C=O) groups excluding carboxylic acids is 1. The molecule has 1 aliphatic carbocycles. The van der Waals surface area contributed by atoms with Gasteiger partial charge in [0.1, 0.15) is 11.7 Å². The number of nitrogens with zero attached hydrogens (tertiary/aromatic N) is 3. The van der Waals surface area contributed by atoms with Crippen LogP contribution in [0.2, 0.25) is 0 Å². The molecule has 1 aliphatic rings. The Kier molecular flexibility index (Phi) is 7.00. The first-order valence-corrected chi connectivity index (χ1v) is 11.4. The van der Waals surface area contributed by atoms with Crippen molar-refractivity contribution in [1.82, 2.24) is 0 Å². The number of hydrogen-bond donors (Lipinski definition) is 1. The second-order valence-electron chi connectivity index (χ2n) is 8.32. The number of carbonyl (C=O) groups is 1. The minimum Gasteiger partial charge on any atom is -0.511 e. The molecule has 0 bridgehead atoms. The van der Waals surface area contributed by atoms with Gasteiger partial charge in [-0.15, -0.1) is 0 Å². The number of ketones is 1. The summed E-state index contributed by atoms with van der Waals surface area (Å²) >= 11 is 5.77. The van der Waals surface area contributed by atoms with E-state index in [0.29, 0.717) is 21.6 Å². The molecule has 0 heterocycles. The highest BCUT2D eigenvalue weighted by Gasteiger charge is 2.46. The van der Waals surface area contributed by atoms with Crippen molar-refractivity contribution in [3.05, 3.63) is 123 Å². The Morgan fingerprint density at radius 3 is 1.83 bits per heavy atom. The number of nitriles is 2. The third-order valence-electron chi connectivity index (χ3n) is 6.30. The summed E-state index contributed by atoms with van der Waals surface area (Å²) in [6.45, 7) is 0. The van der Waals surface area contributed by atoms with Gasteiger partial charge in [0.15, 0.2) is 5.78 Å². The summed E-state index contributed by atoms with van der Waals surface area (Å²) in [5, 5.41) is 42.3. The molecule has 1 N–H and O–H groups in total. The third-order valence-corrected chi connectivity index (χ3v) is 6.77. The van der Waals surface area contributed by atoms with Crippen LogP contribution in [0.15, 0.2) is 96.3 Å². The fraction of sp³-hybridized carbons (Fsp3) is 0.143.